The summed E-state index contributed by atoms with van der Waals surface area (Å²) in [5, 5.41) is 18.0. The van der Waals surface area contributed by atoms with Crippen molar-refractivity contribution in [2.75, 3.05) is 0 Å². The Balaban J connectivity index is 2.69. The number of nitrogens with zero attached hydrogens (tertiary/aromatic N) is 1. The van der Waals surface area contributed by atoms with Gasteiger partial charge in [0.05, 0.1) is 18.6 Å². The molecule has 0 saturated carbocycles. The Labute approximate surface area is 78.4 Å². The third-order valence-corrected chi connectivity index (χ3v) is 2.20. The van der Waals surface area contributed by atoms with E-state index in [0.29, 0.717) is 0 Å². The summed E-state index contributed by atoms with van der Waals surface area (Å²) in [5.74, 6) is 0.0286. The van der Waals surface area contributed by atoms with Crippen LogP contribution in [0.4, 0.5) is 0 Å². The zero-order valence-corrected chi connectivity index (χ0v) is 7.64. The molecule has 0 unspecified atom stereocenters. The minimum absolute atomic E-state index is 0.0286. The Morgan fingerprint density at radius 2 is 2.00 bits per heavy atom. The van der Waals surface area contributed by atoms with Gasteiger partial charge in [0.1, 0.15) is 0 Å². The van der Waals surface area contributed by atoms with Crippen molar-refractivity contribution in [2.45, 2.75) is 25.4 Å². The van der Waals surface area contributed by atoms with Crippen LogP contribution >= 0.6 is 0 Å². The number of benzene rings is 1. The fourth-order valence-corrected chi connectivity index (χ4v) is 1.25. The summed E-state index contributed by atoms with van der Waals surface area (Å²) in [6.07, 6.45) is -0.372. The van der Waals surface area contributed by atoms with Gasteiger partial charge in [0.2, 0.25) is 0 Å². The van der Waals surface area contributed by atoms with E-state index in [0.717, 1.165) is 5.56 Å². The molecule has 0 amide bonds. The van der Waals surface area contributed by atoms with Crippen LogP contribution in [-0.2, 0) is 0 Å². The van der Waals surface area contributed by atoms with Crippen molar-refractivity contribution in [1.29, 1.82) is 5.26 Å². The molecule has 0 aliphatic carbocycles. The lowest BCUT2D eigenvalue weighted by atomic mass is 9.94. The quantitative estimate of drug-likeness (QED) is 0.764. The lowest BCUT2D eigenvalue weighted by molar-refractivity contribution is 0.154. The minimum Gasteiger partial charge on any atom is -0.391 e. The van der Waals surface area contributed by atoms with Crippen molar-refractivity contribution in [2.24, 2.45) is 0 Å². The first-order valence-corrected chi connectivity index (χ1v) is 4.35. The summed E-state index contributed by atoms with van der Waals surface area (Å²) in [6, 6.07) is 11.7. The molecule has 0 saturated heterocycles. The van der Waals surface area contributed by atoms with E-state index >= 15 is 0 Å². The van der Waals surface area contributed by atoms with Gasteiger partial charge >= 0.3 is 0 Å². The fraction of sp³-hybridized carbons (Fsp3) is 0.364. The van der Waals surface area contributed by atoms with Crippen LogP contribution in [0.2, 0.25) is 0 Å². The summed E-state index contributed by atoms with van der Waals surface area (Å²) in [6.45, 7) is 1.93. The zero-order chi connectivity index (χ0) is 9.68. The molecule has 0 aromatic heterocycles. The number of aliphatic hydroxyl groups excluding tert-OH is 1. The first-order valence-electron chi connectivity index (χ1n) is 4.35. The predicted molar refractivity (Wildman–Crippen MR) is 51.1 cm³/mol. The molecule has 0 aliphatic heterocycles. The molecule has 0 radical (unpaired) electrons. The SMILES string of the molecule is C[C@H](c1ccccc1)[C@@H](O)CC#N. The number of hydrogen-bond donors (Lipinski definition) is 1. The second-order valence-corrected chi connectivity index (χ2v) is 3.13. The van der Waals surface area contributed by atoms with Gasteiger partial charge in [-0.15, -0.1) is 0 Å². The topological polar surface area (TPSA) is 44.0 Å². The van der Waals surface area contributed by atoms with E-state index in [1.165, 1.54) is 0 Å². The molecule has 0 aliphatic rings. The van der Waals surface area contributed by atoms with Gasteiger partial charge in [0, 0.05) is 5.92 Å². The van der Waals surface area contributed by atoms with Crippen LogP contribution in [0.5, 0.6) is 0 Å². The number of hydrogen-bond acceptors (Lipinski definition) is 2. The third kappa shape index (κ3) is 2.57. The van der Waals surface area contributed by atoms with Crippen LogP contribution in [0, 0.1) is 11.3 Å². The molecule has 1 aromatic rings. The molecule has 1 rings (SSSR count). The Morgan fingerprint density at radius 3 is 2.54 bits per heavy atom. The largest absolute Gasteiger partial charge is 0.391 e. The van der Waals surface area contributed by atoms with Crippen molar-refractivity contribution in [3.05, 3.63) is 35.9 Å². The molecular weight excluding hydrogens is 162 g/mol. The van der Waals surface area contributed by atoms with Crippen LogP contribution in [-0.4, -0.2) is 11.2 Å². The third-order valence-electron chi connectivity index (χ3n) is 2.20. The smallest absolute Gasteiger partial charge is 0.0735 e. The van der Waals surface area contributed by atoms with E-state index in [-0.39, 0.29) is 12.3 Å². The summed E-state index contributed by atoms with van der Waals surface area (Å²) in [4.78, 5) is 0. The molecule has 0 fully saturated rings. The highest BCUT2D eigenvalue weighted by Crippen LogP contribution is 2.20. The Kier molecular flexibility index (Phi) is 3.48. The zero-order valence-electron chi connectivity index (χ0n) is 7.64. The number of aliphatic hydroxyl groups is 1. The van der Waals surface area contributed by atoms with Gasteiger partial charge in [-0.3, -0.25) is 0 Å². The van der Waals surface area contributed by atoms with Gasteiger partial charge in [-0.05, 0) is 5.56 Å². The van der Waals surface area contributed by atoms with E-state index in [4.69, 9.17) is 5.26 Å². The first kappa shape index (κ1) is 9.76. The molecule has 13 heavy (non-hydrogen) atoms. The molecule has 0 bridgehead atoms. The monoisotopic (exact) mass is 175 g/mol. The molecule has 1 N–H and O–H groups in total. The number of nitriles is 1. The van der Waals surface area contributed by atoms with Crippen LogP contribution < -0.4 is 0 Å². The average Bonchev–Trinajstić information content (AvgIpc) is 2.18. The van der Waals surface area contributed by atoms with Crippen LogP contribution in [0.3, 0.4) is 0 Å². The second kappa shape index (κ2) is 4.64. The van der Waals surface area contributed by atoms with E-state index < -0.39 is 6.10 Å². The molecule has 2 nitrogen and oxygen atoms in total. The van der Waals surface area contributed by atoms with Gasteiger partial charge in [-0.2, -0.15) is 5.26 Å². The van der Waals surface area contributed by atoms with Crippen molar-refractivity contribution in [1.82, 2.24) is 0 Å². The van der Waals surface area contributed by atoms with Crippen molar-refractivity contribution in [3.63, 3.8) is 0 Å². The van der Waals surface area contributed by atoms with Crippen LogP contribution in [0.15, 0.2) is 30.3 Å². The summed E-state index contributed by atoms with van der Waals surface area (Å²) >= 11 is 0. The molecule has 0 heterocycles. The molecule has 0 spiro atoms. The van der Waals surface area contributed by atoms with Crippen molar-refractivity contribution >= 4 is 0 Å². The van der Waals surface area contributed by atoms with E-state index in [1.54, 1.807) is 0 Å². The predicted octanol–water partition coefficient (Wildman–Crippen LogP) is 2.06. The number of rotatable bonds is 3. The van der Waals surface area contributed by atoms with Crippen LogP contribution in [0.25, 0.3) is 0 Å². The molecule has 1 aromatic carbocycles. The fourth-order valence-electron chi connectivity index (χ4n) is 1.25. The Morgan fingerprint density at radius 1 is 1.38 bits per heavy atom. The van der Waals surface area contributed by atoms with Gasteiger partial charge in [-0.25, -0.2) is 0 Å². The highest BCUT2D eigenvalue weighted by Gasteiger charge is 2.14. The molecule has 2 atom stereocenters. The molecular formula is C11H13NO. The second-order valence-electron chi connectivity index (χ2n) is 3.13. The maximum Gasteiger partial charge on any atom is 0.0735 e. The lowest BCUT2D eigenvalue weighted by Crippen LogP contribution is -2.14. The van der Waals surface area contributed by atoms with E-state index in [9.17, 15) is 5.11 Å². The lowest BCUT2D eigenvalue weighted by Gasteiger charge is -2.16. The van der Waals surface area contributed by atoms with Gasteiger partial charge in [-0.1, -0.05) is 37.3 Å². The summed E-state index contributed by atoms with van der Waals surface area (Å²) in [7, 11) is 0. The first-order chi connectivity index (χ1) is 6.25. The minimum atomic E-state index is -0.563. The Hall–Kier alpha value is -1.33. The van der Waals surface area contributed by atoms with Crippen LogP contribution in [0.1, 0.15) is 24.8 Å². The molecule has 2 heteroatoms. The van der Waals surface area contributed by atoms with Crippen molar-refractivity contribution < 1.29 is 5.11 Å². The van der Waals surface area contributed by atoms with E-state index in [2.05, 4.69) is 0 Å². The highest BCUT2D eigenvalue weighted by atomic mass is 16.3. The summed E-state index contributed by atoms with van der Waals surface area (Å²) in [5.41, 5.74) is 1.07. The Bertz CT molecular complexity index is 289. The van der Waals surface area contributed by atoms with E-state index in [1.807, 2.05) is 43.3 Å². The van der Waals surface area contributed by atoms with Gasteiger partial charge in [0.25, 0.3) is 0 Å². The maximum absolute atomic E-state index is 9.55. The standard InChI is InChI=1S/C11H13NO/c1-9(11(13)7-8-12)10-5-3-2-4-6-10/h2-6,9,11,13H,7H2,1H3/t9-,11+/m1/s1. The normalized spacial score (nSPS) is 14.5. The highest BCUT2D eigenvalue weighted by molar-refractivity contribution is 5.20. The molecule has 68 valence electrons. The average molecular weight is 175 g/mol. The van der Waals surface area contributed by atoms with Crippen molar-refractivity contribution in [3.8, 4) is 6.07 Å². The summed E-state index contributed by atoms with van der Waals surface area (Å²) < 4.78 is 0. The van der Waals surface area contributed by atoms with Gasteiger partial charge in [0.15, 0.2) is 0 Å². The van der Waals surface area contributed by atoms with Gasteiger partial charge < -0.3 is 5.11 Å². The maximum atomic E-state index is 9.55.